The molecule has 0 spiro atoms. The lowest BCUT2D eigenvalue weighted by Gasteiger charge is -2.09. The lowest BCUT2D eigenvalue weighted by Crippen LogP contribution is -2.18. The van der Waals surface area contributed by atoms with Crippen LogP contribution in [0.3, 0.4) is 0 Å². The van der Waals surface area contributed by atoms with E-state index in [1.54, 1.807) is 12.5 Å². The lowest BCUT2D eigenvalue weighted by molar-refractivity contribution is 0.734. The summed E-state index contributed by atoms with van der Waals surface area (Å²) < 4.78 is 1.91. The van der Waals surface area contributed by atoms with Gasteiger partial charge in [0.25, 0.3) is 0 Å². The Kier molecular flexibility index (Phi) is 3.01. The van der Waals surface area contributed by atoms with Gasteiger partial charge in [-0.25, -0.2) is 9.97 Å². The van der Waals surface area contributed by atoms with Crippen molar-refractivity contribution in [2.24, 2.45) is 5.73 Å². The Morgan fingerprint density at radius 3 is 2.88 bits per heavy atom. The zero-order valence-corrected chi connectivity index (χ0v) is 9.59. The summed E-state index contributed by atoms with van der Waals surface area (Å²) >= 11 is 0. The van der Waals surface area contributed by atoms with Gasteiger partial charge in [0.1, 0.15) is 12.1 Å². The first-order chi connectivity index (χ1) is 7.66. The van der Waals surface area contributed by atoms with Gasteiger partial charge < -0.3 is 5.73 Å². The molecule has 0 saturated carbocycles. The zero-order chi connectivity index (χ0) is 11.5. The van der Waals surface area contributed by atoms with E-state index in [2.05, 4.69) is 16.0 Å². The molecule has 4 nitrogen and oxygen atoms in total. The number of hydrogen-bond acceptors (Lipinski definition) is 3. The molecule has 0 fully saturated rings. The van der Waals surface area contributed by atoms with Crippen LogP contribution in [0, 0.1) is 6.92 Å². The minimum atomic E-state index is 0.167. The summed E-state index contributed by atoms with van der Waals surface area (Å²) in [5.74, 6) is 0.922. The monoisotopic (exact) mass is 216 g/mol. The van der Waals surface area contributed by atoms with Crippen LogP contribution in [0.2, 0.25) is 0 Å². The summed E-state index contributed by atoms with van der Waals surface area (Å²) in [7, 11) is 0. The molecule has 2 heterocycles. The van der Waals surface area contributed by atoms with Crippen molar-refractivity contribution in [1.82, 2.24) is 14.5 Å². The van der Waals surface area contributed by atoms with E-state index in [0.717, 1.165) is 17.8 Å². The number of rotatable bonds is 3. The normalized spacial score (nSPS) is 12.7. The van der Waals surface area contributed by atoms with E-state index in [1.165, 1.54) is 5.56 Å². The van der Waals surface area contributed by atoms with Crippen LogP contribution >= 0.6 is 0 Å². The molecule has 84 valence electrons. The average molecular weight is 216 g/mol. The van der Waals surface area contributed by atoms with Crippen molar-refractivity contribution >= 4 is 0 Å². The van der Waals surface area contributed by atoms with Gasteiger partial charge in [0, 0.05) is 24.6 Å². The summed E-state index contributed by atoms with van der Waals surface area (Å²) in [5, 5.41) is 0. The second-order valence-electron chi connectivity index (χ2n) is 4.14. The third kappa shape index (κ3) is 2.28. The highest BCUT2D eigenvalue weighted by Gasteiger charge is 2.04. The van der Waals surface area contributed by atoms with Gasteiger partial charge in [-0.2, -0.15) is 0 Å². The van der Waals surface area contributed by atoms with Crippen LogP contribution in [0.25, 0.3) is 5.82 Å². The van der Waals surface area contributed by atoms with E-state index in [0.29, 0.717) is 0 Å². The first-order valence-electron chi connectivity index (χ1n) is 5.36. The van der Waals surface area contributed by atoms with Crippen molar-refractivity contribution in [1.29, 1.82) is 0 Å². The van der Waals surface area contributed by atoms with Crippen molar-refractivity contribution in [3.8, 4) is 5.82 Å². The largest absolute Gasteiger partial charge is 0.328 e. The fourth-order valence-electron chi connectivity index (χ4n) is 1.76. The second-order valence-corrected chi connectivity index (χ2v) is 4.14. The van der Waals surface area contributed by atoms with E-state index < -0.39 is 0 Å². The minimum absolute atomic E-state index is 0.167. The Balaban J connectivity index is 2.30. The molecule has 0 aromatic carbocycles. The maximum Gasteiger partial charge on any atom is 0.140 e. The van der Waals surface area contributed by atoms with Gasteiger partial charge in [-0.1, -0.05) is 6.07 Å². The maximum atomic E-state index is 5.76. The lowest BCUT2D eigenvalue weighted by atomic mass is 10.1. The summed E-state index contributed by atoms with van der Waals surface area (Å²) in [5.41, 5.74) is 8.08. The van der Waals surface area contributed by atoms with Crippen molar-refractivity contribution in [3.05, 3.63) is 42.1 Å². The fraction of sp³-hybridized carbons (Fsp3) is 0.333. The van der Waals surface area contributed by atoms with Gasteiger partial charge in [0.15, 0.2) is 0 Å². The molecule has 4 heteroatoms. The highest BCUT2D eigenvalue weighted by molar-refractivity contribution is 5.35. The summed E-state index contributed by atoms with van der Waals surface area (Å²) in [6, 6.07) is 2.30. The first kappa shape index (κ1) is 10.8. The summed E-state index contributed by atoms with van der Waals surface area (Å²) in [6.07, 6.45) is 8.13. The summed E-state index contributed by atoms with van der Waals surface area (Å²) in [4.78, 5) is 8.45. The van der Waals surface area contributed by atoms with Gasteiger partial charge in [0.2, 0.25) is 0 Å². The molecule has 2 N–H and O–H groups in total. The molecule has 1 atom stereocenters. The summed E-state index contributed by atoms with van der Waals surface area (Å²) in [6.45, 7) is 4.05. The molecular weight excluding hydrogens is 200 g/mol. The zero-order valence-electron chi connectivity index (χ0n) is 9.59. The van der Waals surface area contributed by atoms with Crippen LogP contribution in [-0.4, -0.2) is 20.6 Å². The topological polar surface area (TPSA) is 56.7 Å². The van der Waals surface area contributed by atoms with Gasteiger partial charge in [0.05, 0.1) is 0 Å². The first-order valence-corrected chi connectivity index (χ1v) is 5.36. The van der Waals surface area contributed by atoms with Crippen LogP contribution in [0.15, 0.2) is 31.0 Å². The van der Waals surface area contributed by atoms with Crippen molar-refractivity contribution in [3.63, 3.8) is 0 Å². The van der Waals surface area contributed by atoms with Gasteiger partial charge in [-0.3, -0.25) is 4.57 Å². The highest BCUT2D eigenvalue weighted by atomic mass is 15.1. The predicted octanol–water partition coefficient (Wildman–Crippen LogP) is 1.47. The van der Waals surface area contributed by atoms with E-state index in [9.17, 15) is 0 Å². The molecule has 0 bridgehead atoms. The Bertz CT molecular complexity index is 460. The molecule has 0 aliphatic heterocycles. The number of nitrogens with zero attached hydrogens (tertiary/aromatic N) is 3. The van der Waals surface area contributed by atoms with Crippen molar-refractivity contribution < 1.29 is 0 Å². The van der Waals surface area contributed by atoms with E-state index in [1.807, 2.05) is 30.8 Å². The third-order valence-corrected chi connectivity index (χ3v) is 2.41. The third-order valence-electron chi connectivity index (χ3n) is 2.41. The quantitative estimate of drug-likeness (QED) is 0.845. The van der Waals surface area contributed by atoms with Crippen molar-refractivity contribution in [2.75, 3.05) is 0 Å². The molecule has 0 amide bonds. The number of pyridine rings is 1. The van der Waals surface area contributed by atoms with Gasteiger partial charge >= 0.3 is 0 Å². The van der Waals surface area contributed by atoms with Crippen LogP contribution in [-0.2, 0) is 6.42 Å². The molecule has 2 aromatic heterocycles. The molecule has 1 unspecified atom stereocenters. The Morgan fingerprint density at radius 2 is 2.31 bits per heavy atom. The van der Waals surface area contributed by atoms with E-state index in [4.69, 9.17) is 5.73 Å². The molecule has 2 aromatic rings. The molecule has 0 aliphatic rings. The number of aryl methyl sites for hydroxylation is 1. The Hall–Kier alpha value is -1.68. The van der Waals surface area contributed by atoms with Crippen LogP contribution in [0.1, 0.15) is 18.1 Å². The standard InChI is InChI=1S/C12H16N4/c1-9-5-11(6-10(2)13)7-15-12(9)16-4-3-14-8-16/h3-5,7-8,10H,6,13H2,1-2H3. The Labute approximate surface area is 95.1 Å². The second kappa shape index (κ2) is 4.45. The minimum Gasteiger partial charge on any atom is -0.328 e. The number of nitrogens with two attached hydrogens (primary N) is 1. The molecule has 2 rings (SSSR count). The SMILES string of the molecule is Cc1cc(CC(C)N)cnc1-n1ccnc1. The highest BCUT2D eigenvalue weighted by Crippen LogP contribution is 2.13. The van der Waals surface area contributed by atoms with Crippen LogP contribution in [0.5, 0.6) is 0 Å². The van der Waals surface area contributed by atoms with Crippen LogP contribution < -0.4 is 5.73 Å². The Morgan fingerprint density at radius 1 is 1.50 bits per heavy atom. The molecular formula is C12H16N4. The van der Waals surface area contributed by atoms with E-state index >= 15 is 0 Å². The predicted molar refractivity (Wildman–Crippen MR) is 63.4 cm³/mol. The number of hydrogen-bond donors (Lipinski definition) is 1. The van der Waals surface area contributed by atoms with Gasteiger partial charge in [-0.15, -0.1) is 0 Å². The maximum absolute atomic E-state index is 5.76. The van der Waals surface area contributed by atoms with E-state index in [-0.39, 0.29) is 6.04 Å². The fourth-order valence-corrected chi connectivity index (χ4v) is 1.76. The van der Waals surface area contributed by atoms with Gasteiger partial charge in [-0.05, 0) is 31.4 Å². The number of aromatic nitrogens is 3. The van der Waals surface area contributed by atoms with Crippen molar-refractivity contribution in [2.45, 2.75) is 26.3 Å². The molecule has 16 heavy (non-hydrogen) atoms. The molecule has 0 saturated heterocycles. The average Bonchev–Trinajstić information content (AvgIpc) is 2.69. The number of imidazole rings is 1. The molecule has 0 aliphatic carbocycles. The molecule has 0 radical (unpaired) electrons. The van der Waals surface area contributed by atoms with Crippen LogP contribution in [0.4, 0.5) is 0 Å². The smallest absolute Gasteiger partial charge is 0.140 e.